The second-order valence-electron chi connectivity index (χ2n) is 3.43. The van der Waals surface area contributed by atoms with Crippen molar-refractivity contribution in [3.63, 3.8) is 0 Å². The van der Waals surface area contributed by atoms with E-state index >= 15 is 0 Å². The van der Waals surface area contributed by atoms with Gasteiger partial charge in [-0.2, -0.15) is 0 Å². The standard InChI is InChI=1S/C9H20N2OS/c1-7(2)6-8(11-3)9(13)12-5-4-10/h7-8,11H,4-6,10H2,1-3H3/t8-/m0/s1. The first-order chi connectivity index (χ1) is 6.11. The summed E-state index contributed by atoms with van der Waals surface area (Å²) in [5.74, 6) is 0.608. The van der Waals surface area contributed by atoms with Crippen LogP contribution in [0.4, 0.5) is 0 Å². The van der Waals surface area contributed by atoms with E-state index in [2.05, 4.69) is 19.2 Å². The number of nitrogens with one attached hydrogen (secondary N) is 1. The molecule has 4 heteroatoms. The van der Waals surface area contributed by atoms with Gasteiger partial charge in [-0.25, -0.2) is 0 Å². The minimum atomic E-state index is 0.168. The van der Waals surface area contributed by atoms with Crippen LogP contribution in [0.2, 0.25) is 0 Å². The lowest BCUT2D eigenvalue weighted by Crippen LogP contribution is -2.36. The van der Waals surface area contributed by atoms with Crippen molar-refractivity contribution in [2.24, 2.45) is 11.7 Å². The summed E-state index contributed by atoms with van der Waals surface area (Å²) in [6, 6.07) is 0.168. The van der Waals surface area contributed by atoms with Crippen molar-refractivity contribution >= 4 is 17.3 Å². The Bertz CT molecular complexity index is 151. The molecule has 0 unspecified atom stereocenters. The van der Waals surface area contributed by atoms with E-state index in [0.29, 0.717) is 24.1 Å². The maximum absolute atomic E-state index is 5.31. The first-order valence-corrected chi connectivity index (χ1v) is 5.06. The molecular formula is C9H20N2OS. The fourth-order valence-electron chi connectivity index (χ4n) is 1.06. The smallest absolute Gasteiger partial charge is 0.176 e. The number of nitrogens with two attached hydrogens (primary N) is 1. The summed E-state index contributed by atoms with van der Waals surface area (Å²) in [5, 5.41) is 3.76. The zero-order valence-corrected chi connectivity index (χ0v) is 9.49. The van der Waals surface area contributed by atoms with Crippen LogP contribution in [0.1, 0.15) is 20.3 Å². The Labute approximate surface area is 86.0 Å². The summed E-state index contributed by atoms with van der Waals surface area (Å²) in [4.78, 5) is 0. The van der Waals surface area contributed by atoms with Gasteiger partial charge in [0.25, 0.3) is 0 Å². The molecule has 1 atom stereocenters. The van der Waals surface area contributed by atoms with E-state index in [1.165, 1.54) is 0 Å². The van der Waals surface area contributed by atoms with Crippen LogP contribution in [0.25, 0.3) is 0 Å². The van der Waals surface area contributed by atoms with Crippen LogP contribution in [0.3, 0.4) is 0 Å². The topological polar surface area (TPSA) is 47.3 Å². The van der Waals surface area contributed by atoms with Crippen LogP contribution < -0.4 is 11.1 Å². The van der Waals surface area contributed by atoms with Crippen LogP contribution in [0, 0.1) is 5.92 Å². The SMILES string of the molecule is CN[C@@H](CC(C)C)C(=S)OCCN. The molecular weight excluding hydrogens is 184 g/mol. The van der Waals surface area contributed by atoms with Gasteiger partial charge in [-0.05, 0) is 31.6 Å². The van der Waals surface area contributed by atoms with E-state index in [1.54, 1.807) is 0 Å². The Balaban J connectivity index is 3.85. The lowest BCUT2D eigenvalue weighted by molar-refractivity contribution is 0.298. The second-order valence-corrected chi connectivity index (χ2v) is 3.83. The van der Waals surface area contributed by atoms with Crippen molar-refractivity contribution < 1.29 is 4.74 Å². The van der Waals surface area contributed by atoms with Crippen molar-refractivity contribution in [3.8, 4) is 0 Å². The fraction of sp³-hybridized carbons (Fsp3) is 0.889. The predicted molar refractivity (Wildman–Crippen MR) is 59.9 cm³/mol. The number of rotatable bonds is 6. The molecule has 0 heterocycles. The van der Waals surface area contributed by atoms with Gasteiger partial charge in [-0.1, -0.05) is 13.8 Å². The Kier molecular flexibility index (Phi) is 7.13. The summed E-state index contributed by atoms with van der Waals surface area (Å²) in [6.45, 7) is 5.35. The molecule has 0 aliphatic carbocycles. The molecule has 0 amide bonds. The maximum atomic E-state index is 5.31. The number of likely N-dealkylation sites (N-methyl/N-ethyl adjacent to an activating group) is 1. The molecule has 0 aliphatic heterocycles. The number of ether oxygens (including phenoxy) is 1. The highest BCUT2D eigenvalue weighted by atomic mass is 32.1. The van der Waals surface area contributed by atoms with Crippen molar-refractivity contribution in [1.82, 2.24) is 5.32 Å². The highest BCUT2D eigenvalue weighted by molar-refractivity contribution is 7.80. The predicted octanol–water partition coefficient (Wildman–Crippen LogP) is 0.923. The van der Waals surface area contributed by atoms with Gasteiger partial charge in [0.05, 0.1) is 6.04 Å². The molecule has 0 aromatic carbocycles. The van der Waals surface area contributed by atoms with Gasteiger partial charge in [0.1, 0.15) is 6.61 Å². The second kappa shape index (κ2) is 7.24. The lowest BCUT2D eigenvalue weighted by atomic mass is 10.0. The zero-order valence-electron chi connectivity index (χ0n) is 8.67. The van der Waals surface area contributed by atoms with Crippen molar-refractivity contribution in [1.29, 1.82) is 0 Å². The molecule has 3 nitrogen and oxygen atoms in total. The Morgan fingerprint density at radius 2 is 2.15 bits per heavy atom. The molecule has 0 radical (unpaired) electrons. The first-order valence-electron chi connectivity index (χ1n) is 4.65. The minimum absolute atomic E-state index is 0.168. The average molecular weight is 204 g/mol. The molecule has 3 N–H and O–H groups in total. The quantitative estimate of drug-likeness (QED) is 0.632. The Hall–Kier alpha value is -0.190. The van der Waals surface area contributed by atoms with Gasteiger partial charge in [0.15, 0.2) is 5.05 Å². The molecule has 78 valence electrons. The van der Waals surface area contributed by atoms with Gasteiger partial charge in [-0.15, -0.1) is 0 Å². The van der Waals surface area contributed by atoms with E-state index < -0.39 is 0 Å². The average Bonchev–Trinajstić information content (AvgIpc) is 2.09. The van der Waals surface area contributed by atoms with Gasteiger partial charge in [0, 0.05) is 6.54 Å². The Morgan fingerprint density at radius 1 is 1.54 bits per heavy atom. The third kappa shape index (κ3) is 5.96. The van der Waals surface area contributed by atoms with Crippen molar-refractivity contribution in [2.45, 2.75) is 26.3 Å². The third-order valence-corrected chi connectivity index (χ3v) is 2.10. The van der Waals surface area contributed by atoms with Gasteiger partial charge < -0.3 is 15.8 Å². The van der Waals surface area contributed by atoms with Crippen LogP contribution >= 0.6 is 12.2 Å². The molecule has 0 rings (SSSR count). The van der Waals surface area contributed by atoms with Crippen LogP contribution in [0.15, 0.2) is 0 Å². The van der Waals surface area contributed by atoms with Gasteiger partial charge in [-0.3, -0.25) is 0 Å². The highest BCUT2D eigenvalue weighted by Gasteiger charge is 2.14. The number of hydrogen-bond acceptors (Lipinski definition) is 4. The summed E-state index contributed by atoms with van der Waals surface area (Å²) in [5.41, 5.74) is 5.31. The summed E-state index contributed by atoms with van der Waals surface area (Å²) in [6.07, 6.45) is 1.000. The normalized spacial score (nSPS) is 13.0. The molecule has 0 spiro atoms. The Morgan fingerprint density at radius 3 is 2.54 bits per heavy atom. The van der Waals surface area contributed by atoms with E-state index in [9.17, 15) is 0 Å². The van der Waals surface area contributed by atoms with Crippen molar-refractivity contribution in [3.05, 3.63) is 0 Å². The minimum Gasteiger partial charge on any atom is -0.484 e. The van der Waals surface area contributed by atoms with Crippen LogP contribution in [0.5, 0.6) is 0 Å². The molecule has 0 bridgehead atoms. The maximum Gasteiger partial charge on any atom is 0.176 e. The summed E-state index contributed by atoms with van der Waals surface area (Å²) >= 11 is 5.12. The van der Waals surface area contributed by atoms with Crippen molar-refractivity contribution in [2.75, 3.05) is 20.2 Å². The summed E-state index contributed by atoms with van der Waals surface area (Å²) in [7, 11) is 1.89. The third-order valence-electron chi connectivity index (χ3n) is 1.70. The molecule has 0 saturated heterocycles. The molecule has 0 aromatic heterocycles. The largest absolute Gasteiger partial charge is 0.484 e. The molecule has 0 fully saturated rings. The monoisotopic (exact) mass is 204 g/mol. The number of hydrogen-bond donors (Lipinski definition) is 2. The fourth-order valence-corrected chi connectivity index (χ4v) is 1.36. The lowest BCUT2D eigenvalue weighted by Gasteiger charge is -2.19. The zero-order chi connectivity index (χ0) is 10.3. The van der Waals surface area contributed by atoms with E-state index in [0.717, 1.165) is 6.42 Å². The molecule has 0 aliphatic rings. The molecule has 13 heavy (non-hydrogen) atoms. The highest BCUT2D eigenvalue weighted by Crippen LogP contribution is 2.06. The first kappa shape index (κ1) is 12.8. The van der Waals surface area contributed by atoms with E-state index in [1.807, 2.05) is 7.05 Å². The van der Waals surface area contributed by atoms with E-state index in [-0.39, 0.29) is 6.04 Å². The molecule has 0 saturated carbocycles. The van der Waals surface area contributed by atoms with Gasteiger partial charge >= 0.3 is 0 Å². The van der Waals surface area contributed by atoms with E-state index in [4.69, 9.17) is 22.7 Å². The van der Waals surface area contributed by atoms with Crippen LogP contribution in [-0.4, -0.2) is 31.3 Å². The van der Waals surface area contributed by atoms with Crippen LogP contribution in [-0.2, 0) is 4.74 Å². The van der Waals surface area contributed by atoms with Gasteiger partial charge in [0.2, 0.25) is 0 Å². The summed E-state index contributed by atoms with van der Waals surface area (Å²) < 4.78 is 5.29. The molecule has 0 aromatic rings. The number of thiocarbonyl (C=S) groups is 1.